The van der Waals surface area contributed by atoms with E-state index in [1.165, 1.54) is 29.5 Å². The maximum atomic E-state index is 13.8. The minimum Gasteiger partial charge on any atom is -0.390 e. The number of aliphatic hydroxyl groups excluding tert-OH is 2. The fourth-order valence-corrected chi connectivity index (χ4v) is 3.97. The summed E-state index contributed by atoms with van der Waals surface area (Å²) in [4.78, 5) is 21.0. The highest BCUT2D eigenvalue weighted by atomic mass is 19.4. The summed E-state index contributed by atoms with van der Waals surface area (Å²) >= 11 is 0. The van der Waals surface area contributed by atoms with Crippen molar-refractivity contribution in [2.45, 2.75) is 44.3 Å². The van der Waals surface area contributed by atoms with Gasteiger partial charge in [-0.15, -0.1) is 0 Å². The molecular formula is C22H21F4N5O3. The maximum Gasteiger partial charge on any atom is 0.419 e. The molecule has 3 N–H and O–H groups in total. The van der Waals surface area contributed by atoms with E-state index in [-0.39, 0.29) is 35.1 Å². The molecule has 180 valence electrons. The highest BCUT2D eigenvalue weighted by Crippen LogP contribution is 2.32. The average molecular weight is 479 g/mol. The van der Waals surface area contributed by atoms with E-state index in [0.29, 0.717) is 12.5 Å². The Bertz CT molecular complexity index is 1200. The summed E-state index contributed by atoms with van der Waals surface area (Å²) < 4.78 is 53.4. The molecule has 12 heteroatoms. The van der Waals surface area contributed by atoms with Crippen LogP contribution in [0.15, 0.2) is 43.0 Å². The van der Waals surface area contributed by atoms with Crippen molar-refractivity contribution >= 4 is 11.6 Å². The van der Waals surface area contributed by atoms with Crippen LogP contribution in [-0.4, -0.2) is 54.0 Å². The monoisotopic (exact) mass is 479 g/mol. The van der Waals surface area contributed by atoms with Crippen LogP contribution in [0.2, 0.25) is 0 Å². The molecule has 1 fully saturated rings. The van der Waals surface area contributed by atoms with Crippen LogP contribution in [0.3, 0.4) is 0 Å². The number of anilines is 1. The van der Waals surface area contributed by atoms with Gasteiger partial charge in [0.2, 0.25) is 5.78 Å². The molecule has 4 rings (SSSR count). The molecular weight excluding hydrogens is 458 g/mol. The number of carbonyl (C=O) groups excluding carboxylic acids is 1. The Morgan fingerprint density at radius 3 is 2.65 bits per heavy atom. The standard InChI is InChI=1S/C22H21F4N5O3/c1-11-6-17(20(34)18(11)32)29-21-13(8-27-10-28-21)19(33)16-4-5-31(30-16)9-12-2-3-14(15(23)7-12)22(24,25)26/h2-5,7-8,10-11,17-18,20,32,34H,6,9H2,1H3,(H,27,28,29)/t11-,17-,18-,20+/m1/s1. The molecule has 1 aliphatic rings. The lowest BCUT2D eigenvalue weighted by atomic mass is 10.1. The fourth-order valence-electron chi connectivity index (χ4n) is 3.97. The van der Waals surface area contributed by atoms with Gasteiger partial charge in [-0.25, -0.2) is 14.4 Å². The zero-order chi connectivity index (χ0) is 24.6. The molecule has 0 aliphatic heterocycles. The number of nitrogens with zero attached hydrogens (tertiary/aromatic N) is 4. The highest BCUT2D eigenvalue weighted by molar-refractivity contribution is 6.10. The van der Waals surface area contributed by atoms with Gasteiger partial charge in [0.05, 0.1) is 29.8 Å². The first-order chi connectivity index (χ1) is 16.0. The summed E-state index contributed by atoms with van der Waals surface area (Å²) in [5.41, 5.74) is -1.01. The Labute approximate surface area is 191 Å². The number of alkyl halides is 3. The lowest BCUT2D eigenvalue weighted by Crippen LogP contribution is -2.35. The molecule has 0 amide bonds. The second-order valence-corrected chi connectivity index (χ2v) is 8.27. The van der Waals surface area contributed by atoms with Crippen molar-refractivity contribution in [3.8, 4) is 0 Å². The first-order valence-corrected chi connectivity index (χ1v) is 10.4. The summed E-state index contributed by atoms with van der Waals surface area (Å²) in [6, 6.07) is 3.48. The minimum absolute atomic E-state index is 0.0191. The number of rotatable bonds is 6. The topological polar surface area (TPSA) is 113 Å². The number of carbonyl (C=O) groups is 1. The van der Waals surface area contributed by atoms with Gasteiger partial charge in [0.15, 0.2) is 0 Å². The smallest absolute Gasteiger partial charge is 0.390 e. The van der Waals surface area contributed by atoms with Crippen LogP contribution in [0.25, 0.3) is 0 Å². The minimum atomic E-state index is -4.79. The molecule has 8 nitrogen and oxygen atoms in total. The summed E-state index contributed by atoms with van der Waals surface area (Å²) in [6.07, 6.45) is -2.28. The van der Waals surface area contributed by atoms with Gasteiger partial charge in [-0.2, -0.15) is 18.3 Å². The summed E-state index contributed by atoms with van der Waals surface area (Å²) in [6.45, 7) is 1.75. The Hall–Kier alpha value is -3.38. The molecule has 0 spiro atoms. The molecule has 3 aromatic rings. The number of halogens is 4. The van der Waals surface area contributed by atoms with E-state index in [0.717, 1.165) is 12.1 Å². The van der Waals surface area contributed by atoms with Crippen molar-refractivity contribution in [3.05, 3.63) is 71.2 Å². The normalized spacial score (nSPS) is 22.7. The zero-order valence-electron chi connectivity index (χ0n) is 17.9. The first-order valence-electron chi connectivity index (χ1n) is 10.4. The largest absolute Gasteiger partial charge is 0.419 e. The SMILES string of the molecule is C[C@@H]1C[C@@H](Nc2ncncc2C(=O)c2ccn(Cc3ccc(C(F)(F)F)c(F)c3)n2)[C@H](O)[C@@H]1O. The van der Waals surface area contributed by atoms with E-state index in [1.807, 2.05) is 0 Å². The van der Waals surface area contributed by atoms with E-state index >= 15 is 0 Å². The van der Waals surface area contributed by atoms with E-state index in [4.69, 9.17) is 0 Å². The van der Waals surface area contributed by atoms with Gasteiger partial charge in [-0.3, -0.25) is 9.48 Å². The average Bonchev–Trinajstić information content (AvgIpc) is 3.33. The molecule has 0 radical (unpaired) electrons. The summed E-state index contributed by atoms with van der Waals surface area (Å²) in [7, 11) is 0. The van der Waals surface area contributed by atoms with E-state index in [9.17, 15) is 32.6 Å². The lowest BCUT2D eigenvalue weighted by Gasteiger charge is -2.19. The van der Waals surface area contributed by atoms with Crippen LogP contribution in [0.1, 0.15) is 40.5 Å². The van der Waals surface area contributed by atoms with Gasteiger partial charge in [0.25, 0.3) is 0 Å². The van der Waals surface area contributed by atoms with Crippen molar-refractivity contribution in [3.63, 3.8) is 0 Å². The van der Waals surface area contributed by atoms with Gasteiger partial charge in [0, 0.05) is 12.4 Å². The van der Waals surface area contributed by atoms with Crippen molar-refractivity contribution < 1.29 is 32.6 Å². The number of aromatic nitrogens is 4. The van der Waals surface area contributed by atoms with Crippen molar-refractivity contribution in [1.82, 2.24) is 19.7 Å². The number of hydrogen-bond acceptors (Lipinski definition) is 7. The Morgan fingerprint density at radius 1 is 1.24 bits per heavy atom. The van der Waals surface area contributed by atoms with Gasteiger partial charge in [-0.1, -0.05) is 13.0 Å². The van der Waals surface area contributed by atoms with E-state index in [2.05, 4.69) is 20.4 Å². The van der Waals surface area contributed by atoms with Gasteiger partial charge in [-0.05, 0) is 36.1 Å². The predicted molar refractivity (Wildman–Crippen MR) is 111 cm³/mol. The Kier molecular flexibility index (Phi) is 6.36. The van der Waals surface area contributed by atoms with Gasteiger partial charge >= 0.3 is 6.18 Å². The number of benzene rings is 1. The quantitative estimate of drug-likeness (QED) is 0.368. The fraction of sp³-hybridized carbons (Fsp3) is 0.364. The first kappa shape index (κ1) is 23.8. The molecule has 34 heavy (non-hydrogen) atoms. The van der Waals surface area contributed by atoms with Crippen molar-refractivity contribution in [2.24, 2.45) is 5.92 Å². The van der Waals surface area contributed by atoms with Crippen LogP contribution in [0.5, 0.6) is 0 Å². The summed E-state index contributed by atoms with van der Waals surface area (Å²) in [5, 5.41) is 27.3. The van der Waals surface area contributed by atoms with Gasteiger partial charge < -0.3 is 15.5 Å². The van der Waals surface area contributed by atoms with Crippen LogP contribution in [0.4, 0.5) is 23.4 Å². The predicted octanol–water partition coefficient (Wildman–Crippen LogP) is 2.65. The highest BCUT2D eigenvalue weighted by Gasteiger charge is 2.39. The lowest BCUT2D eigenvalue weighted by molar-refractivity contribution is -0.140. The third-order valence-corrected chi connectivity index (χ3v) is 5.81. The van der Waals surface area contributed by atoms with Crippen LogP contribution >= 0.6 is 0 Å². The third kappa shape index (κ3) is 4.77. The van der Waals surface area contributed by atoms with Crippen LogP contribution in [0, 0.1) is 11.7 Å². The van der Waals surface area contributed by atoms with Crippen molar-refractivity contribution in [2.75, 3.05) is 5.32 Å². The molecule has 0 saturated heterocycles. The molecule has 4 atom stereocenters. The molecule has 0 bridgehead atoms. The van der Waals surface area contributed by atoms with Gasteiger partial charge in [0.1, 0.15) is 29.8 Å². The second kappa shape index (κ2) is 9.11. The number of nitrogens with one attached hydrogen (secondary N) is 1. The number of hydrogen-bond donors (Lipinski definition) is 3. The Balaban J connectivity index is 1.51. The molecule has 1 saturated carbocycles. The molecule has 1 aliphatic carbocycles. The Morgan fingerprint density at radius 2 is 2.00 bits per heavy atom. The second-order valence-electron chi connectivity index (χ2n) is 8.27. The molecule has 2 heterocycles. The van der Waals surface area contributed by atoms with Crippen LogP contribution < -0.4 is 5.32 Å². The molecule has 2 aromatic heterocycles. The number of ketones is 1. The van der Waals surface area contributed by atoms with Crippen molar-refractivity contribution in [1.29, 1.82) is 0 Å². The van der Waals surface area contributed by atoms with E-state index < -0.39 is 41.6 Å². The maximum absolute atomic E-state index is 13.8. The van der Waals surface area contributed by atoms with E-state index in [1.54, 1.807) is 6.92 Å². The summed E-state index contributed by atoms with van der Waals surface area (Å²) in [5.74, 6) is -1.88. The zero-order valence-corrected chi connectivity index (χ0v) is 17.9. The van der Waals surface area contributed by atoms with Crippen LogP contribution in [-0.2, 0) is 12.7 Å². The third-order valence-electron chi connectivity index (χ3n) is 5.81. The molecule has 1 aromatic carbocycles. The number of aliphatic hydroxyl groups is 2. The molecule has 0 unspecified atom stereocenters.